The first kappa shape index (κ1) is 14.5. The quantitative estimate of drug-likeness (QED) is 0.673. The second-order valence-corrected chi connectivity index (χ2v) is 4.44. The fourth-order valence-corrected chi connectivity index (χ4v) is 1.94. The first-order chi connectivity index (χ1) is 9.99. The highest BCUT2D eigenvalue weighted by Gasteiger charge is 2.16. The van der Waals surface area contributed by atoms with E-state index in [0.29, 0.717) is 22.6 Å². The number of para-hydroxylation sites is 1. The Labute approximate surface area is 120 Å². The molecule has 2 aromatic rings. The number of aliphatic carboxylic acids is 1. The molecule has 1 N–H and O–H groups in total. The van der Waals surface area contributed by atoms with Crippen LogP contribution in [0.15, 0.2) is 42.5 Å². The van der Waals surface area contributed by atoms with Crippen LogP contribution in [0.3, 0.4) is 0 Å². The number of hydrogen-bond donors (Lipinski definition) is 1. The predicted molar refractivity (Wildman–Crippen MR) is 75.7 cm³/mol. The normalized spacial score (nSPS) is 10.1. The Hall–Kier alpha value is -2.89. The lowest BCUT2D eigenvalue weighted by molar-refractivity contribution is -0.385. The van der Waals surface area contributed by atoms with Gasteiger partial charge in [0.25, 0.3) is 5.69 Å². The van der Waals surface area contributed by atoms with Crippen molar-refractivity contribution in [1.29, 1.82) is 0 Å². The summed E-state index contributed by atoms with van der Waals surface area (Å²) in [6.45, 7) is 1.59. The van der Waals surface area contributed by atoms with Gasteiger partial charge in [-0.2, -0.15) is 0 Å². The van der Waals surface area contributed by atoms with Crippen molar-refractivity contribution in [3.05, 3.63) is 63.7 Å². The van der Waals surface area contributed by atoms with Gasteiger partial charge in [-0.05, 0) is 19.1 Å². The summed E-state index contributed by atoms with van der Waals surface area (Å²) in [6, 6.07) is 11.2. The number of nitro groups is 1. The van der Waals surface area contributed by atoms with E-state index in [2.05, 4.69) is 0 Å². The van der Waals surface area contributed by atoms with E-state index >= 15 is 0 Å². The lowest BCUT2D eigenvalue weighted by Crippen LogP contribution is -2.02. The molecule has 0 radical (unpaired) electrons. The molecule has 0 spiro atoms. The smallest absolute Gasteiger partial charge is 0.307 e. The van der Waals surface area contributed by atoms with E-state index in [0.717, 1.165) is 0 Å². The monoisotopic (exact) mass is 287 g/mol. The van der Waals surface area contributed by atoms with Gasteiger partial charge < -0.3 is 9.84 Å². The fraction of sp³-hybridized carbons (Fsp3) is 0.133. The summed E-state index contributed by atoms with van der Waals surface area (Å²) in [5.41, 5.74) is 0.867. The molecule has 0 heterocycles. The van der Waals surface area contributed by atoms with Crippen LogP contribution in [0.5, 0.6) is 11.5 Å². The van der Waals surface area contributed by atoms with Crippen LogP contribution in [-0.4, -0.2) is 16.0 Å². The molecule has 6 nitrogen and oxygen atoms in total. The third kappa shape index (κ3) is 3.36. The molecule has 0 saturated heterocycles. The Balaban J connectivity index is 2.37. The summed E-state index contributed by atoms with van der Waals surface area (Å²) in [5.74, 6) is -0.257. The highest BCUT2D eigenvalue weighted by Crippen LogP contribution is 2.32. The average Bonchev–Trinajstić information content (AvgIpc) is 2.42. The van der Waals surface area contributed by atoms with Crippen molar-refractivity contribution in [2.24, 2.45) is 0 Å². The van der Waals surface area contributed by atoms with Gasteiger partial charge in [0, 0.05) is 11.6 Å². The molecule has 0 bridgehead atoms. The summed E-state index contributed by atoms with van der Waals surface area (Å²) in [5, 5.41) is 19.8. The maximum absolute atomic E-state index is 10.9. The van der Waals surface area contributed by atoms with Crippen molar-refractivity contribution in [1.82, 2.24) is 0 Å². The number of carbonyl (C=O) groups is 1. The number of rotatable bonds is 5. The van der Waals surface area contributed by atoms with E-state index < -0.39 is 10.9 Å². The molecule has 0 aliphatic heterocycles. The molecule has 6 heteroatoms. The Morgan fingerprint density at radius 1 is 1.19 bits per heavy atom. The van der Waals surface area contributed by atoms with Crippen LogP contribution >= 0.6 is 0 Å². The third-order valence-electron chi connectivity index (χ3n) is 2.99. The lowest BCUT2D eigenvalue weighted by atomic mass is 10.1. The van der Waals surface area contributed by atoms with Crippen molar-refractivity contribution in [2.45, 2.75) is 13.3 Å². The lowest BCUT2D eigenvalue weighted by Gasteiger charge is -2.11. The number of nitrogens with zero attached hydrogens (tertiary/aromatic N) is 1. The minimum absolute atomic E-state index is 0.0387. The van der Waals surface area contributed by atoms with Gasteiger partial charge in [0.15, 0.2) is 0 Å². The van der Waals surface area contributed by atoms with Crippen molar-refractivity contribution in [2.75, 3.05) is 0 Å². The maximum atomic E-state index is 10.9. The first-order valence-electron chi connectivity index (χ1n) is 6.20. The zero-order valence-electron chi connectivity index (χ0n) is 11.3. The van der Waals surface area contributed by atoms with Gasteiger partial charge in [0.05, 0.1) is 16.9 Å². The van der Waals surface area contributed by atoms with Crippen LogP contribution in [0.4, 0.5) is 5.69 Å². The molecule has 0 aliphatic rings. The van der Waals surface area contributed by atoms with Gasteiger partial charge in [-0.3, -0.25) is 14.9 Å². The average molecular weight is 287 g/mol. The zero-order chi connectivity index (χ0) is 15.4. The van der Waals surface area contributed by atoms with Gasteiger partial charge in [0.2, 0.25) is 0 Å². The summed E-state index contributed by atoms with van der Waals surface area (Å²) < 4.78 is 5.66. The molecular weight excluding hydrogens is 274 g/mol. The molecule has 2 aromatic carbocycles. The van der Waals surface area contributed by atoms with E-state index in [1.807, 2.05) is 0 Å². The highest BCUT2D eigenvalue weighted by molar-refractivity contribution is 5.71. The second-order valence-electron chi connectivity index (χ2n) is 4.44. The topological polar surface area (TPSA) is 89.7 Å². The van der Waals surface area contributed by atoms with Gasteiger partial charge in [-0.1, -0.05) is 24.3 Å². The number of carboxylic acid groups (broad SMARTS) is 1. The summed E-state index contributed by atoms with van der Waals surface area (Å²) >= 11 is 0. The van der Waals surface area contributed by atoms with E-state index in [-0.39, 0.29) is 12.1 Å². The van der Waals surface area contributed by atoms with Crippen molar-refractivity contribution in [3.8, 4) is 11.5 Å². The van der Waals surface area contributed by atoms with Crippen LogP contribution < -0.4 is 4.74 Å². The second kappa shape index (κ2) is 6.04. The van der Waals surface area contributed by atoms with Crippen molar-refractivity contribution in [3.63, 3.8) is 0 Å². The van der Waals surface area contributed by atoms with Gasteiger partial charge >= 0.3 is 5.97 Å². The summed E-state index contributed by atoms with van der Waals surface area (Å²) in [4.78, 5) is 21.3. The number of benzene rings is 2. The number of nitro benzene ring substituents is 1. The Kier molecular flexibility index (Phi) is 4.18. The Bertz CT molecular complexity index is 696. The molecule has 0 fully saturated rings. The third-order valence-corrected chi connectivity index (χ3v) is 2.99. The Morgan fingerprint density at radius 3 is 2.52 bits per heavy atom. The van der Waals surface area contributed by atoms with E-state index in [1.165, 1.54) is 12.1 Å². The molecule has 0 aliphatic carbocycles. The van der Waals surface area contributed by atoms with E-state index in [1.54, 1.807) is 37.3 Å². The van der Waals surface area contributed by atoms with Crippen LogP contribution in [0.1, 0.15) is 11.1 Å². The molecule has 0 aromatic heterocycles. The minimum atomic E-state index is -0.971. The van der Waals surface area contributed by atoms with Gasteiger partial charge in [0.1, 0.15) is 11.5 Å². The molecule has 0 amide bonds. The molecular formula is C15H13NO5. The SMILES string of the molecule is Cc1c(Oc2ccccc2CC(=O)O)cccc1[N+](=O)[O-]. The molecule has 21 heavy (non-hydrogen) atoms. The van der Waals surface area contributed by atoms with Gasteiger partial charge in [-0.25, -0.2) is 0 Å². The molecule has 0 atom stereocenters. The minimum Gasteiger partial charge on any atom is -0.481 e. The van der Waals surface area contributed by atoms with Crippen molar-refractivity contribution >= 4 is 11.7 Å². The number of hydrogen-bond acceptors (Lipinski definition) is 4. The predicted octanol–water partition coefficient (Wildman–Crippen LogP) is 3.32. The van der Waals surface area contributed by atoms with Gasteiger partial charge in [-0.15, -0.1) is 0 Å². The number of ether oxygens (including phenoxy) is 1. The van der Waals surface area contributed by atoms with Crippen LogP contribution in [0.25, 0.3) is 0 Å². The number of carboxylic acids is 1. The molecule has 2 rings (SSSR count). The first-order valence-corrected chi connectivity index (χ1v) is 6.20. The zero-order valence-corrected chi connectivity index (χ0v) is 11.3. The molecule has 0 unspecified atom stereocenters. The highest BCUT2D eigenvalue weighted by atomic mass is 16.6. The molecule has 108 valence electrons. The summed E-state index contributed by atoms with van der Waals surface area (Å²) in [7, 11) is 0. The largest absolute Gasteiger partial charge is 0.481 e. The van der Waals surface area contributed by atoms with Crippen LogP contribution in [0, 0.1) is 17.0 Å². The van der Waals surface area contributed by atoms with Crippen LogP contribution in [0.2, 0.25) is 0 Å². The summed E-state index contributed by atoms with van der Waals surface area (Å²) in [6.07, 6.45) is -0.176. The van der Waals surface area contributed by atoms with E-state index in [9.17, 15) is 14.9 Å². The maximum Gasteiger partial charge on any atom is 0.307 e. The van der Waals surface area contributed by atoms with Crippen LogP contribution in [-0.2, 0) is 11.2 Å². The molecule has 0 saturated carbocycles. The van der Waals surface area contributed by atoms with E-state index in [4.69, 9.17) is 9.84 Å². The fourth-order valence-electron chi connectivity index (χ4n) is 1.94. The van der Waals surface area contributed by atoms with Crippen molar-refractivity contribution < 1.29 is 19.6 Å². The Morgan fingerprint density at radius 2 is 1.86 bits per heavy atom. The standard InChI is InChI=1S/C15H13NO5/c1-10-12(16(19)20)6-4-8-13(10)21-14-7-3-2-5-11(14)9-15(17)18/h2-8H,9H2,1H3,(H,17,18).